The van der Waals surface area contributed by atoms with Crippen molar-refractivity contribution < 1.29 is 9.53 Å². The molecule has 0 aromatic heterocycles. The molecule has 110 valence electrons. The number of hydrogen-bond donors (Lipinski definition) is 1. The molecule has 1 unspecified atom stereocenters. The first-order valence-electron chi connectivity index (χ1n) is 7.89. The first-order chi connectivity index (χ1) is 9.29. The van der Waals surface area contributed by atoms with Crippen LogP contribution in [0.15, 0.2) is 0 Å². The second-order valence-electron chi connectivity index (χ2n) is 5.87. The van der Waals surface area contributed by atoms with Crippen LogP contribution in [0, 0.1) is 5.92 Å². The van der Waals surface area contributed by atoms with E-state index in [4.69, 9.17) is 4.74 Å². The third-order valence-corrected chi connectivity index (χ3v) is 4.21. The predicted molar refractivity (Wildman–Crippen MR) is 76.1 cm³/mol. The Bertz CT molecular complexity index is 271. The molecule has 1 N–H and O–H groups in total. The molecule has 2 saturated heterocycles. The fourth-order valence-electron chi connectivity index (χ4n) is 3.09. The van der Waals surface area contributed by atoms with Crippen molar-refractivity contribution in [2.75, 3.05) is 32.8 Å². The average molecular weight is 268 g/mol. The van der Waals surface area contributed by atoms with E-state index in [-0.39, 0.29) is 6.10 Å². The lowest BCUT2D eigenvalue weighted by Crippen LogP contribution is -2.40. The maximum atomic E-state index is 12.4. The normalized spacial score (nSPS) is 24.6. The summed E-state index contributed by atoms with van der Waals surface area (Å²) in [6, 6.07) is 0. The Kier molecular flexibility index (Phi) is 6.11. The van der Waals surface area contributed by atoms with Gasteiger partial charge in [0.1, 0.15) is 0 Å². The van der Waals surface area contributed by atoms with E-state index in [0.717, 1.165) is 52.0 Å². The fraction of sp³-hybridized carbons (Fsp3) is 0.933. The van der Waals surface area contributed by atoms with Gasteiger partial charge in [-0.25, -0.2) is 0 Å². The number of rotatable bonds is 6. The molecule has 4 nitrogen and oxygen atoms in total. The quantitative estimate of drug-likeness (QED) is 0.798. The molecule has 19 heavy (non-hydrogen) atoms. The number of ether oxygens (including phenoxy) is 1. The Morgan fingerprint density at radius 2 is 2.11 bits per heavy atom. The van der Waals surface area contributed by atoms with Crippen LogP contribution < -0.4 is 5.32 Å². The lowest BCUT2D eigenvalue weighted by Gasteiger charge is -2.30. The molecular weight excluding hydrogens is 240 g/mol. The highest BCUT2D eigenvalue weighted by Crippen LogP contribution is 2.19. The van der Waals surface area contributed by atoms with Gasteiger partial charge in [0, 0.05) is 19.7 Å². The lowest BCUT2D eigenvalue weighted by molar-refractivity contribution is -0.134. The van der Waals surface area contributed by atoms with Crippen molar-refractivity contribution in [1.82, 2.24) is 10.2 Å². The minimum Gasteiger partial charge on any atom is -0.378 e. The zero-order valence-corrected chi connectivity index (χ0v) is 12.2. The van der Waals surface area contributed by atoms with Crippen molar-refractivity contribution in [2.45, 2.75) is 51.6 Å². The summed E-state index contributed by atoms with van der Waals surface area (Å²) in [6.07, 6.45) is 6.38. The van der Waals surface area contributed by atoms with Crippen LogP contribution in [0.3, 0.4) is 0 Å². The molecule has 0 aromatic carbocycles. The summed E-state index contributed by atoms with van der Waals surface area (Å²) < 4.78 is 5.58. The summed E-state index contributed by atoms with van der Waals surface area (Å²) in [7, 11) is 0. The van der Waals surface area contributed by atoms with Gasteiger partial charge < -0.3 is 15.0 Å². The SMILES string of the molecule is CCCN(CC1CCNCC1)C(=O)CC1CCCO1. The summed E-state index contributed by atoms with van der Waals surface area (Å²) in [5.74, 6) is 0.980. The molecule has 2 aliphatic heterocycles. The molecule has 4 heteroatoms. The van der Waals surface area contributed by atoms with Crippen molar-refractivity contribution in [2.24, 2.45) is 5.92 Å². The Morgan fingerprint density at radius 3 is 2.74 bits per heavy atom. The van der Waals surface area contributed by atoms with Gasteiger partial charge in [0.05, 0.1) is 12.5 Å². The molecule has 2 heterocycles. The van der Waals surface area contributed by atoms with Gasteiger partial charge in [-0.05, 0) is 51.1 Å². The summed E-state index contributed by atoms with van der Waals surface area (Å²) in [6.45, 7) is 7.03. The molecule has 0 aliphatic carbocycles. The van der Waals surface area contributed by atoms with Crippen LogP contribution in [0.25, 0.3) is 0 Å². The molecule has 0 saturated carbocycles. The number of carbonyl (C=O) groups excluding carboxylic acids is 1. The lowest BCUT2D eigenvalue weighted by atomic mass is 9.97. The highest BCUT2D eigenvalue weighted by atomic mass is 16.5. The van der Waals surface area contributed by atoms with Crippen molar-refractivity contribution in [1.29, 1.82) is 0 Å². The van der Waals surface area contributed by atoms with E-state index in [1.54, 1.807) is 0 Å². The second kappa shape index (κ2) is 7.85. The Morgan fingerprint density at radius 1 is 1.32 bits per heavy atom. The molecule has 0 bridgehead atoms. The Labute approximate surface area is 116 Å². The van der Waals surface area contributed by atoms with Gasteiger partial charge in [-0.15, -0.1) is 0 Å². The van der Waals surface area contributed by atoms with Crippen LogP contribution in [-0.2, 0) is 9.53 Å². The number of nitrogens with one attached hydrogen (secondary N) is 1. The molecule has 2 rings (SSSR count). The van der Waals surface area contributed by atoms with E-state index in [1.807, 2.05) is 0 Å². The molecule has 1 atom stereocenters. The highest BCUT2D eigenvalue weighted by molar-refractivity contribution is 5.76. The van der Waals surface area contributed by atoms with Gasteiger partial charge in [0.2, 0.25) is 5.91 Å². The van der Waals surface area contributed by atoms with E-state index in [2.05, 4.69) is 17.1 Å². The molecule has 2 fully saturated rings. The maximum Gasteiger partial charge on any atom is 0.225 e. The van der Waals surface area contributed by atoms with Crippen LogP contribution in [0.2, 0.25) is 0 Å². The molecule has 1 amide bonds. The van der Waals surface area contributed by atoms with Crippen LogP contribution >= 0.6 is 0 Å². The van der Waals surface area contributed by atoms with Crippen LogP contribution in [0.1, 0.15) is 45.4 Å². The number of piperidine rings is 1. The molecule has 0 spiro atoms. The van der Waals surface area contributed by atoms with E-state index in [9.17, 15) is 4.79 Å². The largest absolute Gasteiger partial charge is 0.378 e. The summed E-state index contributed by atoms with van der Waals surface area (Å²) in [4.78, 5) is 14.5. The van der Waals surface area contributed by atoms with Crippen molar-refractivity contribution in [3.05, 3.63) is 0 Å². The Hall–Kier alpha value is -0.610. The second-order valence-corrected chi connectivity index (χ2v) is 5.87. The van der Waals surface area contributed by atoms with Gasteiger partial charge in [-0.3, -0.25) is 4.79 Å². The van der Waals surface area contributed by atoms with Gasteiger partial charge in [0.25, 0.3) is 0 Å². The third kappa shape index (κ3) is 4.77. The van der Waals surface area contributed by atoms with Gasteiger partial charge in [-0.1, -0.05) is 6.92 Å². The zero-order chi connectivity index (χ0) is 13.5. The van der Waals surface area contributed by atoms with Crippen LogP contribution in [-0.4, -0.2) is 49.7 Å². The number of hydrogen-bond acceptors (Lipinski definition) is 3. The predicted octanol–water partition coefficient (Wildman–Crippen LogP) is 1.79. The van der Waals surface area contributed by atoms with E-state index >= 15 is 0 Å². The summed E-state index contributed by atoms with van der Waals surface area (Å²) in [5, 5.41) is 3.38. The van der Waals surface area contributed by atoms with Crippen LogP contribution in [0.5, 0.6) is 0 Å². The molecular formula is C15H28N2O2. The monoisotopic (exact) mass is 268 g/mol. The van der Waals surface area contributed by atoms with Crippen molar-refractivity contribution in [3.63, 3.8) is 0 Å². The first kappa shape index (κ1) is 14.8. The highest BCUT2D eigenvalue weighted by Gasteiger charge is 2.24. The van der Waals surface area contributed by atoms with E-state index in [0.29, 0.717) is 18.2 Å². The van der Waals surface area contributed by atoms with Gasteiger partial charge >= 0.3 is 0 Å². The number of carbonyl (C=O) groups is 1. The molecule has 0 radical (unpaired) electrons. The third-order valence-electron chi connectivity index (χ3n) is 4.21. The topological polar surface area (TPSA) is 41.6 Å². The van der Waals surface area contributed by atoms with Crippen molar-refractivity contribution in [3.8, 4) is 0 Å². The first-order valence-corrected chi connectivity index (χ1v) is 7.89. The maximum absolute atomic E-state index is 12.4. The van der Waals surface area contributed by atoms with Gasteiger partial charge in [-0.2, -0.15) is 0 Å². The Balaban J connectivity index is 1.80. The minimum atomic E-state index is 0.180. The summed E-state index contributed by atoms with van der Waals surface area (Å²) in [5.41, 5.74) is 0. The summed E-state index contributed by atoms with van der Waals surface area (Å²) >= 11 is 0. The van der Waals surface area contributed by atoms with Crippen LogP contribution in [0.4, 0.5) is 0 Å². The average Bonchev–Trinajstić information content (AvgIpc) is 2.92. The smallest absolute Gasteiger partial charge is 0.225 e. The van der Waals surface area contributed by atoms with Crippen molar-refractivity contribution >= 4 is 5.91 Å². The van der Waals surface area contributed by atoms with E-state index < -0.39 is 0 Å². The zero-order valence-electron chi connectivity index (χ0n) is 12.2. The molecule has 0 aromatic rings. The molecule has 2 aliphatic rings. The van der Waals surface area contributed by atoms with E-state index in [1.165, 1.54) is 12.8 Å². The number of nitrogens with zero attached hydrogens (tertiary/aromatic N) is 1. The number of amides is 1. The fourth-order valence-corrected chi connectivity index (χ4v) is 3.09. The minimum absolute atomic E-state index is 0.180. The van der Waals surface area contributed by atoms with Gasteiger partial charge in [0.15, 0.2) is 0 Å². The standard InChI is InChI=1S/C15H28N2O2/c1-2-9-17(12-13-5-7-16-8-6-13)15(18)11-14-4-3-10-19-14/h13-14,16H,2-12H2,1H3.